The van der Waals surface area contributed by atoms with E-state index in [0.717, 1.165) is 24.4 Å². The smallest absolute Gasteiger partial charge is 0.157 e. The Bertz CT molecular complexity index is 512. The summed E-state index contributed by atoms with van der Waals surface area (Å²) in [6, 6.07) is 7.36. The lowest BCUT2D eigenvalue weighted by molar-refractivity contribution is -0.688. The average molecular weight is 287 g/mol. The standard InChI is InChI=1S/C13H13Cl2NO2/c1-17-13-9(5-10(14)6-12(13)15)7-16-8-11-3-2-4-18-11/h2-6,16H,7-8H2,1H3/p+1. The van der Waals surface area contributed by atoms with E-state index in [2.05, 4.69) is 5.32 Å². The van der Waals surface area contributed by atoms with Crippen LogP contribution in [0.15, 0.2) is 34.9 Å². The van der Waals surface area contributed by atoms with E-state index in [4.69, 9.17) is 32.4 Å². The maximum Gasteiger partial charge on any atom is 0.157 e. The molecule has 0 saturated heterocycles. The molecule has 0 amide bonds. The van der Waals surface area contributed by atoms with Crippen LogP contribution in [0.2, 0.25) is 10.0 Å². The van der Waals surface area contributed by atoms with Crippen molar-refractivity contribution in [2.45, 2.75) is 13.1 Å². The summed E-state index contributed by atoms with van der Waals surface area (Å²) in [6.07, 6.45) is 1.67. The molecule has 2 aromatic rings. The van der Waals surface area contributed by atoms with E-state index in [9.17, 15) is 0 Å². The Kier molecular flexibility index (Phi) is 4.53. The van der Waals surface area contributed by atoms with E-state index in [1.807, 2.05) is 18.2 Å². The molecule has 0 aliphatic rings. The molecule has 2 N–H and O–H groups in total. The number of ether oxygens (including phenoxy) is 1. The molecule has 0 unspecified atom stereocenters. The third-order valence-electron chi connectivity index (χ3n) is 2.58. The molecular weight excluding hydrogens is 273 g/mol. The highest BCUT2D eigenvalue weighted by Crippen LogP contribution is 2.31. The van der Waals surface area contributed by atoms with Gasteiger partial charge in [-0.1, -0.05) is 23.2 Å². The molecule has 2 rings (SSSR count). The van der Waals surface area contributed by atoms with Gasteiger partial charge >= 0.3 is 0 Å². The maximum atomic E-state index is 6.07. The predicted octanol–water partition coefficient (Wildman–Crippen LogP) is 2.86. The number of quaternary nitrogens is 1. The Morgan fingerprint density at radius 2 is 2.11 bits per heavy atom. The molecule has 18 heavy (non-hydrogen) atoms. The van der Waals surface area contributed by atoms with Crippen molar-refractivity contribution in [3.63, 3.8) is 0 Å². The van der Waals surface area contributed by atoms with Crippen LogP contribution in [-0.2, 0) is 13.1 Å². The highest BCUT2D eigenvalue weighted by molar-refractivity contribution is 6.35. The van der Waals surface area contributed by atoms with E-state index in [1.54, 1.807) is 19.4 Å². The topological polar surface area (TPSA) is 39.0 Å². The Labute approximate surface area is 116 Å². The van der Waals surface area contributed by atoms with Gasteiger partial charge in [0.15, 0.2) is 5.76 Å². The van der Waals surface area contributed by atoms with Crippen LogP contribution in [0.4, 0.5) is 0 Å². The van der Waals surface area contributed by atoms with E-state index >= 15 is 0 Å². The number of rotatable bonds is 5. The molecule has 0 saturated carbocycles. The lowest BCUT2D eigenvalue weighted by atomic mass is 10.2. The quantitative estimate of drug-likeness (QED) is 0.918. The van der Waals surface area contributed by atoms with Crippen molar-refractivity contribution in [1.29, 1.82) is 0 Å². The summed E-state index contributed by atoms with van der Waals surface area (Å²) in [5.74, 6) is 1.61. The van der Waals surface area contributed by atoms with Gasteiger partial charge in [0.2, 0.25) is 0 Å². The van der Waals surface area contributed by atoms with Crippen LogP contribution in [0.3, 0.4) is 0 Å². The van der Waals surface area contributed by atoms with Gasteiger partial charge in [0.1, 0.15) is 18.8 Å². The monoisotopic (exact) mass is 286 g/mol. The molecule has 1 aromatic heterocycles. The summed E-state index contributed by atoms with van der Waals surface area (Å²) in [5.41, 5.74) is 0.974. The Hall–Kier alpha value is -1.16. The molecule has 0 radical (unpaired) electrons. The van der Waals surface area contributed by atoms with E-state index in [1.165, 1.54) is 0 Å². The first-order chi connectivity index (χ1) is 8.70. The molecule has 5 heteroatoms. The van der Waals surface area contributed by atoms with Gasteiger partial charge in [-0.05, 0) is 24.3 Å². The van der Waals surface area contributed by atoms with Crippen molar-refractivity contribution in [3.05, 3.63) is 51.9 Å². The number of halogens is 2. The van der Waals surface area contributed by atoms with Crippen LogP contribution in [0.25, 0.3) is 0 Å². The van der Waals surface area contributed by atoms with Crippen molar-refractivity contribution in [2.24, 2.45) is 0 Å². The van der Waals surface area contributed by atoms with Gasteiger partial charge in [-0.25, -0.2) is 0 Å². The number of hydrogen-bond donors (Lipinski definition) is 1. The molecule has 96 valence electrons. The van der Waals surface area contributed by atoms with Gasteiger partial charge in [0.05, 0.1) is 24.0 Å². The molecule has 1 heterocycles. The van der Waals surface area contributed by atoms with E-state index < -0.39 is 0 Å². The average Bonchev–Trinajstić information content (AvgIpc) is 2.81. The van der Waals surface area contributed by atoms with Gasteiger partial charge in [-0.15, -0.1) is 0 Å². The fourth-order valence-electron chi connectivity index (χ4n) is 1.79. The molecule has 0 fully saturated rings. The molecule has 0 bridgehead atoms. The summed E-state index contributed by atoms with van der Waals surface area (Å²) >= 11 is 12.1. The number of hydrogen-bond acceptors (Lipinski definition) is 2. The second-order valence-corrected chi connectivity index (χ2v) is 4.70. The fourth-order valence-corrected chi connectivity index (χ4v) is 2.41. The first kappa shape index (κ1) is 13.3. The summed E-state index contributed by atoms with van der Waals surface area (Å²) in [4.78, 5) is 0. The van der Waals surface area contributed by atoms with Crippen molar-refractivity contribution in [1.82, 2.24) is 0 Å². The Morgan fingerprint density at radius 3 is 2.78 bits per heavy atom. The van der Waals surface area contributed by atoms with Gasteiger partial charge in [-0.2, -0.15) is 0 Å². The second kappa shape index (κ2) is 6.14. The third-order valence-corrected chi connectivity index (χ3v) is 3.08. The lowest BCUT2D eigenvalue weighted by Gasteiger charge is -2.09. The van der Waals surface area contributed by atoms with Crippen LogP contribution >= 0.6 is 23.2 Å². The van der Waals surface area contributed by atoms with Crippen molar-refractivity contribution in [2.75, 3.05) is 7.11 Å². The van der Waals surface area contributed by atoms with Crippen LogP contribution in [-0.4, -0.2) is 7.11 Å². The fraction of sp³-hybridized carbons (Fsp3) is 0.231. The number of furan rings is 1. The van der Waals surface area contributed by atoms with Crippen LogP contribution in [0, 0.1) is 0 Å². The molecule has 0 aliphatic carbocycles. The minimum absolute atomic E-state index is 0.534. The molecular formula is C13H14Cl2NO2+. The molecule has 0 atom stereocenters. The summed E-state index contributed by atoms with van der Waals surface area (Å²) in [6.45, 7) is 1.49. The normalized spacial score (nSPS) is 10.6. The van der Waals surface area contributed by atoms with E-state index in [-0.39, 0.29) is 0 Å². The first-order valence-electron chi connectivity index (χ1n) is 5.56. The Balaban J connectivity index is 2.04. The number of nitrogens with two attached hydrogens (primary N) is 1. The largest absolute Gasteiger partial charge is 0.495 e. The summed E-state index contributed by atoms with van der Waals surface area (Å²) in [7, 11) is 1.60. The molecule has 1 aromatic carbocycles. The Morgan fingerprint density at radius 1 is 1.28 bits per heavy atom. The van der Waals surface area contributed by atoms with Gasteiger partial charge < -0.3 is 14.5 Å². The number of benzene rings is 1. The highest BCUT2D eigenvalue weighted by Gasteiger charge is 2.11. The summed E-state index contributed by atoms with van der Waals surface area (Å²) in [5, 5.41) is 3.25. The first-order valence-corrected chi connectivity index (χ1v) is 6.32. The SMILES string of the molecule is COc1c(Cl)cc(Cl)cc1C[NH2+]Cc1ccco1. The van der Waals surface area contributed by atoms with Gasteiger partial charge in [0.25, 0.3) is 0 Å². The summed E-state index contributed by atoms with van der Waals surface area (Å²) < 4.78 is 10.5. The van der Waals surface area contributed by atoms with Crippen molar-refractivity contribution >= 4 is 23.2 Å². The highest BCUT2D eigenvalue weighted by atomic mass is 35.5. The van der Waals surface area contributed by atoms with Gasteiger partial charge in [-0.3, -0.25) is 0 Å². The molecule has 3 nitrogen and oxygen atoms in total. The van der Waals surface area contributed by atoms with Crippen LogP contribution < -0.4 is 10.1 Å². The third kappa shape index (κ3) is 3.19. The minimum atomic E-state index is 0.534. The van der Waals surface area contributed by atoms with Crippen LogP contribution in [0.5, 0.6) is 5.75 Å². The lowest BCUT2D eigenvalue weighted by Crippen LogP contribution is -2.80. The van der Waals surface area contributed by atoms with Gasteiger partial charge in [0, 0.05) is 5.02 Å². The molecule has 0 aliphatic heterocycles. The zero-order chi connectivity index (χ0) is 13.0. The maximum absolute atomic E-state index is 6.07. The zero-order valence-electron chi connectivity index (χ0n) is 9.95. The minimum Gasteiger partial charge on any atom is -0.495 e. The van der Waals surface area contributed by atoms with Crippen LogP contribution in [0.1, 0.15) is 11.3 Å². The van der Waals surface area contributed by atoms with Crippen molar-refractivity contribution < 1.29 is 14.5 Å². The molecule has 0 spiro atoms. The van der Waals surface area contributed by atoms with Crippen molar-refractivity contribution in [3.8, 4) is 5.75 Å². The second-order valence-electron chi connectivity index (χ2n) is 3.86. The number of methoxy groups -OCH3 is 1. The van der Waals surface area contributed by atoms with E-state index in [0.29, 0.717) is 15.8 Å². The zero-order valence-corrected chi connectivity index (χ0v) is 11.5. The predicted molar refractivity (Wildman–Crippen MR) is 71.1 cm³/mol.